The fraction of sp³-hybridized carbons (Fsp3) is 0.926. The molecule has 4 saturated carbocycles. The van der Waals surface area contributed by atoms with Gasteiger partial charge in [0, 0.05) is 19.5 Å². The van der Waals surface area contributed by atoms with Gasteiger partial charge in [0.05, 0.1) is 22.6 Å². The molecule has 5 rings (SSSR count). The average molecular weight is 509 g/mol. The molecule has 5 aliphatic rings. The molecule has 0 aromatic carbocycles. The molecular formula is C27H44N2O5S. The molecule has 5 unspecified atom stereocenters. The Balaban J connectivity index is 1.31. The van der Waals surface area contributed by atoms with E-state index in [1.165, 1.54) is 6.42 Å². The zero-order chi connectivity index (χ0) is 24.7. The number of hydrogen-bond acceptors (Lipinski definition) is 5. The number of fused-ring (bicyclic) bond motifs is 1. The van der Waals surface area contributed by atoms with Crippen molar-refractivity contribution in [1.82, 2.24) is 9.80 Å². The van der Waals surface area contributed by atoms with Crippen LogP contribution in [0.3, 0.4) is 0 Å². The molecule has 7 nitrogen and oxygen atoms in total. The maximum atomic E-state index is 13.4. The van der Waals surface area contributed by atoms with Crippen molar-refractivity contribution >= 4 is 21.8 Å². The van der Waals surface area contributed by atoms with Crippen LogP contribution in [0.5, 0.6) is 0 Å². The Morgan fingerprint density at radius 2 is 1.49 bits per heavy atom. The second-order valence-corrected chi connectivity index (χ2v) is 14.6. The highest BCUT2D eigenvalue weighted by Crippen LogP contribution is 2.45. The molecule has 0 aromatic heterocycles. The first-order valence-electron chi connectivity index (χ1n) is 14.2. The number of rotatable bonds is 4. The summed E-state index contributed by atoms with van der Waals surface area (Å²) >= 11 is 0. The van der Waals surface area contributed by atoms with E-state index in [1.807, 2.05) is 16.7 Å². The summed E-state index contributed by atoms with van der Waals surface area (Å²) in [6, 6.07) is -0.0294. The molecule has 0 aromatic rings. The molecule has 35 heavy (non-hydrogen) atoms. The molecular weight excluding hydrogens is 464 g/mol. The number of piperazine rings is 1. The molecule has 1 aliphatic heterocycles. The van der Waals surface area contributed by atoms with E-state index in [4.69, 9.17) is 4.74 Å². The molecule has 198 valence electrons. The summed E-state index contributed by atoms with van der Waals surface area (Å²) in [5.74, 6) is 0.879. The zero-order valence-electron chi connectivity index (χ0n) is 21.6. The lowest BCUT2D eigenvalue weighted by Crippen LogP contribution is -2.67. The number of amides is 2. The topological polar surface area (TPSA) is 84.0 Å². The molecule has 5 fully saturated rings. The minimum Gasteiger partial charge on any atom is -0.446 e. The van der Waals surface area contributed by atoms with Crippen molar-refractivity contribution in [3.05, 3.63) is 0 Å². The van der Waals surface area contributed by atoms with Crippen LogP contribution in [0.2, 0.25) is 0 Å². The SMILES string of the molecule is CC(=O)N1C2CCC(C3CCCC(S(=O)(=O)C4CC4)C3)CC2N(C(=O)OC2CCCCC2)C[C@@H]1C. The van der Waals surface area contributed by atoms with Crippen molar-refractivity contribution in [3.63, 3.8) is 0 Å². The van der Waals surface area contributed by atoms with Gasteiger partial charge in [-0.25, -0.2) is 13.2 Å². The van der Waals surface area contributed by atoms with Gasteiger partial charge in [0.1, 0.15) is 6.10 Å². The van der Waals surface area contributed by atoms with Gasteiger partial charge in [0.15, 0.2) is 9.84 Å². The molecule has 1 saturated heterocycles. The van der Waals surface area contributed by atoms with Crippen LogP contribution in [0.15, 0.2) is 0 Å². The Kier molecular flexibility index (Phi) is 7.40. The highest BCUT2D eigenvalue weighted by molar-refractivity contribution is 7.92. The van der Waals surface area contributed by atoms with Gasteiger partial charge in [-0.3, -0.25) is 4.79 Å². The summed E-state index contributed by atoms with van der Waals surface area (Å²) in [4.78, 5) is 29.9. The Hall–Kier alpha value is -1.31. The molecule has 0 radical (unpaired) electrons. The first kappa shape index (κ1) is 25.3. The van der Waals surface area contributed by atoms with E-state index in [-0.39, 0.29) is 46.7 Å². The van der Waals surface area contributed by atoms with Crippen LogP contribution in [-0.2, 0) is 19.4 Å². The summed E-state index contributed by atoms with van der Waals surface area (Å²) < 4.78 is 32.0. The zero-order valence-corrected chi connectivity index (χ0v) is 22.4. The highest BCUT2D eigenvalue weighted by atomic mass is 32.2. The van der Waals surface area contributed by atoms with E-state index in [9.17, 15) is 18.0 Å². The average Bonchev–Trinajstić information content (AvgIpc) is 3.70. The van der Waals surface area contributed by atoms with Crippen LogP contribution in [0, 0.1) is 11.8 Å². The van der Waals surface area contributed by atoms with E-state index in [0.717, 1.165) is 83.5 Å². The Labute approximate surface area is 211 Å². The maximum Gasteiger partial charge on any atom is 0.410 e. The second-order valence-electron chi connectivity index (χ2n) is 12.1. The third-order valence-corrected chi connectivity index (χ3v) is 12.5. The van der Waals surface area contributed by atoms with Gasteiger partial charge in [-0.2, -0.15) is 0 Å². The predicted octanol–water partition coefficient (Wildman–Crippen LogP) is 4.68. The normalized spacial score (nSPS) is 37.0. The van der Waals surface area contributed by atoms with E-state index in [1.54, 1.807) is 6.92 Å². The van der Waals surface area contributed by atoms with Gasteiger partial charge in [-0.05, 0) is 89.4 Å². The Morgan fingerprint density at radius 1 is 0.771 bits per heavy atom. The third-order valence-electron chi connectivity index (χ3n) is 9.72. The van der Waals surface area contributed by atoms with Gasteiger partial charge in [-0.1, -0.05) is 19.3 Å². The standard InChI is InChI=1S/C27H44N2O5S/c1-18-17-28(27(31)34-22-8-4-3-5-9-22)26-16-21(11-14-25(26)29(18)19(2)30)20-7-6-10-24(15-20)35(32,33)23-12-13-23/h18,20-26H,3-17H2,1-2H3/t18-,20?,21?,24?,25?,26?/m0/s1. The third kappa shape index (κ3) is 5.24. The van der Waals surface area contributed by atoms with Gasteiger partial charge in [-0.15, -0.1) is 0 Å². The Morgan fingerprint density at radius 3 is 2.17 bits per heavy atom. The number of carbonyl (C=O) groups is 2. The first-order chi connectivity index (χ1) is 16.8. The van der Waals surface area contributed by atoms with Gasteiger partial charge >= 0.3 is 6.09 Å². The van der Waals surface area contributed by atoms with Crippen LogP contribution in [0.1, 0.15) is 104 Å². The van der Waals surface area contributed by atoms with Crippen molar-refractivity contribution in [2.45, 2.75) is 138 Å². The van der Waals surface area contributed by atoms with Crippen molar-refractivity contribution in [1.29, 1.82) is 0 Å². The van der Waals surface area contributed by atoms with E-state index < -0.39 is 9.84 Å². The lowest BCUT2D eigenvalue weighted by molar-refractivity contribution is -0.143. The fourth-order valence-corrected chi connectivity index (χ4v) is 10.2. The van der Waals surface area contributed by atoms with Crippen molar-refractivity contribution in [3.8, 4) is 0 Å². The number of hydrogen-bond donors (Lipinski definition) is 0. The molecule has 0 spiro atoms. The van der Waals surface area contributed by atoms with E-state index in [2.05, 4.69) is 0 Å². The highest BCUT2D eigenvalue weighted by Gasteiger charge is 2.49. The summed E-state index contributed by atoms with van der Waals surface area (Å²) in [6.07, 6.45) is 13.2. The molecule has 8 heteroatoms. The van der Waals surface area contributed by atoms with Crippen LogP contribution in [0.4, 0.5) is 4.79 Å². The lowest BCUT2D eigenvalue weighted by atomic mass is 9.69. The molecule has 6 atom stereocenters. The van der Waals surface area contributed by atoms with Gasteiger partial charge < -0.3 is 14.5 Å². The molecule has 2 amide bonds. The summed E-state index contributed by atoms with van der Waals surface area (Å²) in [7, 11) is -2.99. The lowest BCUT2D eigenvalue weighted by Gasteiger charge is -2.54. The summed E-state index contributed by atoms with van der Waals surface area (Å²) in [5, 5.41) is -0.269. The maximum absolute atomic E-state index is 13.4. The monoisotopic (exact) mass is 508 g/mol. The number of nitrogens with zero attached hydrogens (tertiary/aromatic N) is 2. The minimum atomic E-state index is -2.99. The van der Waals surface area contributed by atoms with E-state index in [0.29, 0.717) is 18.4 Å². The molecule has 0 N–H and O–H groups in total. The van der Waals surface area contributed by atoms with Crippen LogP contribution < -0.4 is 0 Å². The van der Waals surface area contributed by atoms with Gasteiger partial charge in [0.25, 0.3) is 0 Å². The van der Waals surface area contributed by atoms with Crippen LogP contribution in [-0.4, -0.2) is 71.5 Å². The number of ether oxygens (including phenoxy) is 1. The summed E-state index contributed by atoms with van der Waals surface area (Å²) in [5.41, 5.74) is 0. The molecule has 4 aliphatic carbocycles. The smallest absolute Gasteiger partial charge is 0.410 e. The second kappa shape index (κ2) is 10.2. The fourth-order valence-electron chi connectivity index (χ4n) is 7.81. The van der Waals surface area contributed by atoms with Crippen LogP contribution in [0.25, 0.3) is 0 Å². The van der Waals surface area contributed by atoms with Crippen LogP contribution >= 0.6 is 0 Å². The first-order valence-corrected chi connectivity index (χ1v) is 15.9. The van der Waals surface area contributed by atoms with E-state index >= 15 is 0 Å². The quantitative estimate of drug-likeness (QED) is 0.550. The largest absolute Gasteiger partial charge is 0.446 e. The molecule has 0 bridgehead atoms. The van der Waals surface area contributed by atoms with Gasteiger partial charge in [0.2, 0.25) is 5.91 Å². The Bertz CT molecular complexity index is 897. The number of carbonyl (C=O) groups excluding carboxylic acids is 2. The predicted molar refractivity (Wildman–Crippen MR) is 135 cm³/mol. The van der Waals surface area contributed by atoms with Crippen molar-refractivity contribution in [2.24, 2.45) is 11.8 Å². The number of sulfone groups is 1. The molecule has 1 heterocycles. The van der Waals surface area contributed by atoms with Crippen molar-refractivity contribution in [2.75, 3.05) is 6.54 Å². The van der Waals surface area contributed by atoms with Crippen molar-refractivity contribution < 1.29 is 22.7 Å². The minimum absolute atomic E-state index is 0.0157. The summed E-state index contributed by atoms with van der Waals surface area (Å²) in [6.45, 7) is 4.20.